The van der Waals surface area contributed by atoms with Crippen molar-refractivity contribution in [3.63, 3.8) is 0 Å². The van der Waals surface area contributed by atoms with Gasteiger partial charge in [-0.05, 0) is 18.1 Å². The number of rotatable bonds is 7. The molecule has 0 aliphatic carbocycles. The summed E-state index contributed by atoms with van der Waals surface area (Å²) in [6, 6.07) is 18.6. The first-order valence-electron chi connectivity index (χ1n) is 10.2. The van der Waals surface area contributed by atoms with Crippen molar-refractivity contribution in [2.45, 2.75) is 19.9 Å². The summed E-state index contributed by atoms with van der Waals surface area (Å²) in [6.45, 7) is 5.48. The number of hydrogen-bond donors (Lipinski definition) is 0. The van der Waals surface area contributed by atoms with Crippen LogP contribution in [0, 0.1) is 6.92 Å². The molecule has 0 radical (unpaired) electrons. The van der Waals surface area contributed by atoms with E-state index in [-0.39, 0.29) is 12.5 Å². The molecule has 2 heterocycles. The van der Waals surface area contributed by atoms with E-state index in [4.69, 9.17) is 9.72 Å². The molecule has 1 saturated heterocycles. The zero-order chi connectivity index (χ0) is 20.8. The molecule has 0 spiro atoms. The van der Waals surface area contributed by atoms with E-state index in [1.807, 2.05) is 28.0 Å². The highest BCUT2D eigenvalue weighted by Gasteiger charge is 2.22. The van der Waals surface area contributed by atoms with Gasteiger partial charge >= 0.3 is 0 Å². The van der Waals surface area contributed by atoms with Crippen LogP contribution in [0.3, 0.4) is 0 Å². The SMILES string of the molecule is Cc1ccc(Cc2nsc(N(CC(=O)N3CCOCC3)Cc3ccccc3)n2)cc1. The Morgan fingerprint density at radius 1 is 1.07 bits per heavy atom. The minimum absolute atomic E-state index is 0.101. The van der Waals surface area contributed by atoms with Gasteiger partial charge < -0.3 is 14.5 Å². The Bertz CT molecular complexity index is 953. The normalized spacial score (nSPS) is 14.0. The molecule has 1 amide bonds. The molecule has 6 nitrogen and oxygen atoms in total. The first kappa shape index (κ1) is 20.5. The Kier molecular flexibility index (Phi) is 6.71. The van der Waals surface area contributed by atoms with E-state index < -0.39 is 0 Å². The summed E-state index contributed by atoms with van der Waals surface area (Å²) in [5, 5.41) is 0.780. The number of hydrogen-bond acceptors (Lipinski definition) is 6. The van der Waals surface area contributed by atoms with Crippen LogP contribution in [0.5, 0.6) is 0 Å². The largest absolute Gasteiger partial charge is 0.378 e. The van der Waals surface area contributed by atoms with Crippen molar-refractivity contribution in [3.05, 3.63) is 77.1 Å². The van der Waals surface area contributed by atoms with Gasteiger partial charge in [0.2, 0.25) is 11.0 Å². The van der Waals surface area contributed by atoms with Gasteiger partial charge in [-0.2, -0.15) is 4.37 Å². The van der Waals surface area contributed by atoms with Crippen LogP contribution in [0.25, 0.3) is 0 Å². The third-order valence-corrected chi connectivity index (χ3v) is 5.93. The van der Waals surface area contributed by atoms with Crippen LogP contribution in [0.2, 0.25) is 0 Å². The van der Waals surface area contributed by atoms with Crippen molar-refractivity contribution in [2.24, 2.45) is 0 Å². The maximum absolute atomic E-state index is 12.9. The quantitative estimate of drug-likeness (QED) is 0.585. The lowest BCUT2D eigenvalue weighted by Crippen LogP contribution is -2.45. The molecule has 1 aliphatic heterocycles. The number of ether oxygens (including phenoxy) is 1. The molecular weight excluding hydrogens is 396 g/mol. The highest BCUT2D eigenvalue weighted by Crippen LogP contribution is 2.22. The number of aromatic nitrogens is 2. The fourth-order valence-electron chi connectivity index (χ4n) is 3.40. The van der Waals surface area contributed by atoms with Gasteiger partial charge in [0, 0.05) is 37.6 Å². The average molecular weight is 423 g/mol. The Morgan fingerprint density at radius 3 is 2.53 bits per heavy atom. The number of amides is 1. The molecule has 3 aromatic rings. The van der Waals surface area contributed by atoms with E-state index >= 15 is 0 Å². The molecule has 0 unspecified atom stereocenters. The van der Waals surface area contributed by atoms with Crippen LogP contribution < -0.4 is 4.90 Å². The topological polar surface area (TPSA) is 58.6 Å². The smallest absolute Gasteiger partial charge is 0.242 e. The monoisotopic (exact) mass is 422 g/mol. The molecular formula is C23H26N4O2S. The summed E-state index contributed by atoms with van der Waals surface area (Å²) in [4.78, 5) is 21.5. The van der Waals surface area contributed by atoms with Crippen LogP contribution in [-0.2, 0) is 22.5 Å². The number of anilines is 1. The molecule has 0 N–H and O–H groups in total. The van der Waals surface area contributed by atoms with E-state index in [0.717, 1.165) is 16.5 Å². The van der Waals surface area contributed by atoms with Gasteiger partial charge in [0.25, 0.3) is 0 Å². The Labute approximate surface area is 181 Å². The summed E-state index contributed by atoms with van der Waals surface area (Å²) in [7, 11) is 0. The summed E-state index contributed by atoms with van der Waals surface area (Å²) in [5.41, 5.74) is 3.56. The molecule has 0 bridgehead atoms. The molecule has 0 atom stereocenters. The molecule has 156 valence electrons. The van der Waals surface area contributed by atoms with Crippen LogP contribution in [-0.4, -0.2) is 53.0 Å². The summed E-state index contributed by atoms with van der Waals surface area (Å²) in [6.07, 6.45) is 0.688. The van der Waals surface area contributed by atoms with Crippen LogP contribution in [0.15, 0.2) is 54.6 Å². The van der Waals surface area contributed by atoms with E-state index in [2.05, 4.69) is 47.7 Å². The Hall–Kier alpha value is -2.77. The fourth-order valence-corrected chi connectivity index (χ4v) is 4.09. The molecule has 4 rings (SSSR count). The van der Waals surface area contributed by atoms with Gasteiger partial charge in [-0.1, -0.05) is 60.2 Å². The molecule has 30 heavy (non-hydrogen) atoms. The van der Waals surface area contributed by atoms with E-state index in [1.54, 1.807) is 0 Å². The molecule has 0 saturated carbocycles. The summed E-state index contributed by atoms with van der Waals surface area (Å²) in [5.74, 6) is 0.889. The molecule has 1 aromatic heterocycles. The second kappa shape index (κ2) is 9.82. The number of benzene rings is 2. The predicted octanol–water partition coefficient (Wildman–Crippen LogP) is 3.30. The Morgan fingerprint density at radius 2 is 1.80 bits per heavy atom. The highest BCUT2D eigenvalue weighted by molar-refractivity contribution is 7.09. The maximum atomic E-state index is 12.9. The van der Waals surface area contributed by atoms with Crippen molar-refractivity contribution >= 4 is 22.6 Å². The van der Waals surface area contributed by atoms with Crippen molar-refractivity contribution in [1.29, 1.82) is 0 Å². The van der Waals surface area contributed by atoms with Gasteiger partial charge in [0.1, 0.15) is 5.82 Å². The number of carbonyl (C=O) groups is 1. The van der Waals surface area contributed by atoms with Gasteiger partial charge in [-0.3, -0.25) is 4.79 Å². The third kappa shape index (κ3) is 5.43. The van der Waals surface area contributed by atoms with Gasteiger partial charge in [-0.25, -0.2) is 4.98 Å². The van der Waals surface area contributed by atoms with Crippen molar-refractivity contribution < 1.29 is 9.53 Å². The van der Waals surface area contributed by atoms with Gasteiger partial charge in [-0.15, -0.1) is 0 Å². The lowest BCUT2D eigenvalue weighted by Gasteiger charge is -2.29. The van der Waals surface area contributed by atoms with Crippen LogP contribution >= 0.6 is 11.5 Å². The van der Waals surface area contributed by atoms with Crippen molar-refractivity contribution in [1.82, 2.24) is 14.3 Å². The zero-order valence-corrected chi connectivity index (χ0v) is 18.0. The average Bonchev–Trinajstić information content (AvgIpc) is 3.25. The highest BCUT2D eigenvalue weighted by atomic mass is 32.1. The zero-order valence-electron chi connectivity index (χ0n) is 17.2. The second-order valence-corrected chi connectivity index (χ2v) is 8.22. The third-order valence-electron chi connectivity index (χ3n) is 5.12. The molecule has 2 aromatic carbocycles. The summed E-state index contributed by atoms with van der Waals surface area (Å²) >= 11 is 1.36. The lowest BCUT2D eigenvalue weighted by atomic mass is 10.1. The van der Waals surface area contributed by atoms with Crippen LogP contribution in [0.4, 0.5) is 5.13 Å². The van der Waals surface area contributed by atoms with E-state index in [9.17, 15) is 4.79 Å². The number of aryl methyl sites for hydroxylation is 1. The van der Waals surface area contributed by atoms with Crippen molar-refractivity contribution in [2.75, 3.05) is 37.7 Å². The molecule has 1 aliphatic rings. The van der Waals surface area contributed by atoms with E-state index in [1.165, 1.54) is 22.7 Å². The number of carbonyl (C=O) groups excluding carboxylic acids is 1. The fraction of sp³-hybridized carbons (Fsp3) is 0.348. The predicted molar refractivity (Wildman–Crippen MR) is 119 cm³/mol. The first-order chi connectivity index (χ1) is 14.7. The van der Waals surface area contributed by atoms with Crippen molar-refractivity contribution in [3.8, 4) is 0 Å². The molecule has 7 heteroatoms. The minimum Gasteiger partial charge on any atom is -0.378 e. The Balaban J connectivity index is 1.50. The standard InChI is InChI=1S/C23H26N4O2S/c1-18-7-9-19(10-8-18)15-21-24-23(30-25-21)27(16-20-5-3-2-4-6-20)17-22(28)26-11-13-29-14-12-26/h2-10H,11-17H2,1H3. The lowest BCUT2D eigenvalue weighted by molar-refractivity contribution is -0.133. The van der Waals surface area contributed by atoms with Gasteiger partial charge in [0.05, 0.1) is 19.8 Å². The first-order valence-corrected chi connectivity index (χ1v) is 11.0. The minimum atomic E-state index is 0.101. The second-order valence-electron chi connectivity index (χ2n) is 7.49. The maximum Gasteiger partial charge on any atom is 0.242 e. The van der Waals surface area contributed by atoms with Gasteiger partial charge in [0.15, 0.2) is 0 Å². The number of morpholine rings is 1. The number of nitrogens with zero attached hydrogens (tertiary/aromatic N) is 4. The molecule has 1 fully saturated rings. The van der Waals surface area contributed by atoms with E-state index in [0.29, 0.717) is 39.3 Å². The summed E-state index contributed by atoms with van der Waals surface area (Å²) < 4.78 is 9.93. The van der Waals surface area contributed by atoms with Crippen LogP contribution in [0.1, 0.15) is 22.5 Å².